The molecule has 1 amide bonds. The summed E-state index contributed by atoms with van der Waals surface area (Å²) in [7, 11) is 1.64. The molecular weight excluding hydrogens is 280 g/mol. The number of nitrogens with zero attached hydrogens (tertiary/aromatic N) is 4. The lowest BCUT2D eigenvalue weighted by molar-refractivity contribution is -0.133. The number of hydrogen-bond donors (Lipinski definition) is 0. The first-order valence-corrected chi connectivity index (χ1v) is 8.39. The van der Waals surface area contributed by atoms with Gasteiger partial charge in [-0.05, 0) is 37.5 Å². The predicted octanol–water partition coefficient (Wildman–Crippen LogP) is 1.51. The standard InChI is InChI=1S/C16H26N4O2/c1-22-8-6-16(21)19-7-2-3-14(11-19)9-15-18-17-12-20(15)10-13-4-5-13/h12-14H,2-11H2,1H3. The number of aromatic nitrogens is 3. The van der Waals surface area contributed by atoms with Crippen LogP contribution in [0, 0.1) is 11.8 Å². The van der Waals surface area contributed by atoms with E-state index in [1.165, 1.54) is 19.3 Å². The Bertz CT molecular complexity index is 498. The minimum Gasteiger partial charge on any atom is -0.384 e. The van der Waals surface area contributed by atoms with Crippen molar-refractivity contribution in [3.63, 3.8) is 0 Å². The summed E-state index contributed by atoms with van der Waals surface area (Å²) in [4.78, 5) is 14.1. The van der Waals surface area contributed by atoms with Gasteiger partial charge < -0.3 is 14.2 Å². The van der Waals surface area contributed by atoms with Gasteiger partial charge in [0, 0.05) is 33.2 Å². The Kier molecular flexibility index (Phi) is 5.08. The van der Waals surface area contributed by atoms with Gasteiger partial charge in [0.2, 0.25) is 5.91 Å². The molecule has 1 aliphatic heterocycles. The van der Waals surface area contributed by atoms with E-state index >= 15 is 0 Å². The molecule has 0 aromatic carbocycles. The van der Waals surface area contributed by atoms with Gasteiger partial charge in [-0.3, -0.25) is 4.79 Å². The van der Waals surface area contributed by atoms with Crippen LogP contribution in [0.1, 0.15) is 37.9 Å². The van der Waals surface area contributed by atoms with Crippen LogP contribution in [0.15, 0.2) is 6.33 Å². The minimum atomic E-state index is 0.214. The summed E-state index contributed by atoms with van der Waals surface area (Å²) < 4.78 is 7.22. The van der Waals surface area contributed by atoms with Crippen LogP contribution in [0.5, 0.6) is 0 Å². The molecular formula is C16H26N4O2. The van der Waals surface area contributed by atoms with Crippen molar-refractivity contribution in [2.45, 2.75) is 45.1 Å². The van der Waals surface area contributed by atoms with Crippen LogP contribution in [-0.2, 0) is 22.5 Å². The highest BCUT2D eigenvalue weighted by molar-refractivity contribution is 5.76. The SMILES string of the molecule is COCCC(=O)N1CCCC(Cc2nncn2CC2CC2)C1. The van der Waals surface area contributed by atoms with Gasteiger partial charge in [-0.15, -0.1) is 10.2 Å². The summed E-state index contributed by atoms with van der Waals surface area (Å²) in [5.74, 6) is 2.63. The van der Waals surface area contributed by atoms with Crippen molar-refractivity contribution in [3.8, 4) is 0 Å². The first-order chi connectivity index (χ1) is 10.8. The van der Waals surface area contributed by atoms with Gasteiger partial charge in [0.25, 0.3) is 0 Å². The molecule has 1 atom stereocenters. The number of ether oxygens (including phenoxy) is 1. The van der Waals surface area contributed by atoms with Crippen molar-refractivity contribution in [1.29, 1.82) is 0 Å². The lowest BCUT2D eigenvalue weighted by Crippen LogP contribution is -2.41. The Morgan fingerprint density at radius 1 is 1.36 bits per heavy atom. The van der Waals surface area contributed by atoms with Crippen LogP contribution in [-0.4, -0.2) is 52.4 Å². The van der Waals surface area contributed by atoms with Crippen LogP contribution < -0.4 is 0 Å². The third kappa shape index (κ3) is 4.06. The fourth-order valence-electron chi connectivity index (χ4n) is 3.23. The van der Waals surface area contributed by atoms with E-state index in [1.54, 1.807) is 7.11 Å². The first-order valence-electron chi connectivity index (χ1n) is 8.39. The first kappa shape index (κ1) is 15.5. The Morgan fingerprint density at radius 3 is 3.00 bits per heavy atom. The van der Waals surface area contributed by atoms with Crippen LogP contribution in [0.2, 0.25) is 0 Å². The zero-order valence-corrected chi connectivity index (χ0v) is 13.4. The van der Waals surface area contributed by atoms with Gasteiger partial charge in [-0.1, -0.05) is 0 Å². The summed E-state index contributed by atoms with van der Waals surface area (Å²) in [5.41, 5.74) is 0. The number of amides is 1. The molecule has 6 nitrogen and oxygen atoms in total. The summed E-state index contributed by atoms with van der Waals surface area (Å²) >= 11 is 0. The Labute approximate surface area is 131 Å². The molecule has 0 radical (unpaired) electrons. The molecule has 1 saturated heterocycles. The molecule has 6 heteroatoms. The predicted molar refractivity (Wildman–Crippen MR) is 82.2 cm³/mol. The molecule has 22 heavy (non-hydrogen) atoms. The van der Waals surface area contributed by atoms with Gasteiger partial charge >= 0.3 is 0 Å². The summed E-state index contributed by atoms with van der Waals surface area (Å²) in [6, 6.07) is 0. The fraction of sp³-hybridized carbons (Fsp3) is 0.812. The molecule has 0 bridgehead atoms. The van der Waals surface area contributed by atoms with Crippen LogP contribution >= 0.6 is 0 Å². The van der Waals surface area contributed by atoms with Crippen molar-refractivity contribution >= 4 is 5.91 Å². The number of carbonyl (C=O) groups excluding carboxylic acids is 1. The van der Waals surface area contributed by atoms with E-state index in [-0.39, 0.29) is 5.91 Å². The third-order valence-electron chi connectivity index (χ3n) is 4.71. The Morgan fingerprint density at radius 2 is 2.23 bits per heavy atom. The van der Waals surface area contributed by atoms with Gasteiger partial charge in [0.05, 0.1) is 13.0 Å². The molecule has 2 aliphatic rings. The second-order valence-electron chi connectivity index (χ2n) is 6.64. The zero-order valence-electron chi connectivity index (χ0n) is 13.4. The van der Waals surface area contributed by atoms with Crippen LogP contribution in [0.4, 0.5) is 0 Å². The van der Waals surface area contributed by atoms with E-state index in [9.17, 15) is 4.79 Å². The van der Waals surface area contributed by atoms with E-state index in [1.807, 2.05) is 11.2 Å². The molecule has 0 N–H and O–H groups in total. The summed E-state index contributed by atoms with van der Waals surface area (Å²) in [5, 5.41) is 8.38. The smallest absolute Gasteiger partial charge is 0.224 e. The molecule has 1 unspecified atom stereocenters. The molecule has 2 fully saturated rings. The quantitative estimate of drug-likeness (QED) is 0.766. The molecule has 1 aromatic heterocycles. The molecule has 122 valence electrons. The summed E-state index contributed by atoms with van der Waals surface area (Å²) in [6.07, 6.45) is 8.20. The average molecular weight is 306 g/mol. The number of piperidine rings is 1. The van der Waals surface area contributed by atoms with Crippen molar-refractivity contribution in [3.05, 3.63) is 12.2 Å². The molecule has 1 aromatic rings. The van der Waals surface area contributed by atoms with E-state index < -0.39 is 0 Å². The van der Waals surface area contributed by atoms with E-state index in [0.29, 0.717) is 18.9 Å². The third-order valence-corrected chi connectivity index (χ3v) is 4.71. The van der Waals surface area contributed by atoms with Crippen molar-refractivity contribution in [1.82, 2.24) is 19.7 Å². The second kappa shape index (κ2) is 7.22. The molecule has 2 heterocycles. The average Bonchev–Trinajstić information content (AvgIpc) is 3.25. The number of hydrogen-bond acceptors (Lipinski definition) is 4. The van der Waals surface area contributed by atoms with Gasteiger partial charge in [-0.25, -0.2) is 0 Å². The Balaban J connectivity index is 1.53. The number of rotatable bonds is 7. The second-order valence-corrected chi connectivity index (χ2v) is 6.64. The monoisotopic (exact) mass is 306 g/mol. The lowest BCUT2D eigenvalue weighted by Gasteiger charge is -2.32. The Hall–Kier alpha value is -1.43. The van der Waals surface area contributed by atoms with Crippen molar-refractivity contribution in [2.24, 2.45) is 11.8 Å². The van der Waals surface area contributed by atoms with E-state index in [0.717, 1.165) is 44.2 Å². The maximum Gasteiger partial charge on any atom is 0.224 e. The van der Waals surface area contributed by atoms with Crippen LogP contribution in [0.3, 0.4) is 0 Å². The van der Waals surface area contributed by atoms with Gasteiger partial charge in [-0.2, -0.15) is 0 Å². The van der Waals surface area contributed by atoms with Gasteiger partial charge in [0.1, 0.15) is 12.2 Å². The summed E-state index contributed by atoms with van der Waals surface area (Å²) in [6.45, 7) is 3.30. The largest absolute Gasteiger partial charge is 0.384 e. The zero-order chi connectivity index (χ0) is 15.4. The van der Waals surface area contributed by atoms with Crippen molar-refractivity contribution < 1.29 is 9.53 Å². The lowest BCUT2D eigenvalue weighted by atomic mass is 9.94. The number of likely N-dealkylation sites (tertiary alicyclic amines) is 1. The van der Waals surface area contributed by atoms with Crippen LogP contribution in [0.25, 0.3) is 0 Å². The molecule has 1 aliphatic carbocycles. The highest BCUT2D eigenvalue weighted by Gasteiger charge is 2.26. The fourth-order valence-corrected chi connectivity index (χ4v) is 3.23. The maximum absolute atomic E-state index is 12.1. The topological polar surface area (TPSA) is 60.2 Å². The normalized spacial score (nSPS) is 22.0. The number of methoxy groups -OCH3 is 1. The van der Waals surface area contributed by atoms with Crippen molar-refractivity contribution in [2.75, 3.05) is 26.8 Å². The van der Waals surface area contributed by atoms with E-state index in [4.69, 9.17) is 4.74 Å². The highest BCUT2D eigenvalue weighted by atomic mass is 16.5. The van der Waals surface area contributed by atoms with Gasteiger partial charge in [0.15, 0.2) is 0 Å². The molecule has 3 rings (SSSR count). The maximum atomic E-state index is 12.1. The minimum absolute atomic E-state index is 0.214. The number of carbonyl (C=O) groups is 1. The molecule has 0 spiro atoms. The van der Waals surface area contributed by atoms with E-state index in [2.05, 4.69) is 14.8 Å². The highest BCUT2D eigenvalue weighted by Crippen LogP contribution is 2.31. The molecule has 1 saturated carbocycles.